The Morgan fingerprint density at radius 3 is 2.44 bits per heavy atom. The molecule has 1 heterocycles. The van der Waals surface area contributed by atoms with Crippen molar-refractivity contribution in [1.29, 1.82) is 0 Å². The number of carbonyl (C=O) groups excluding carboxylic acids is 1. The van der Waals surface area contributed by atoms with E-state index in [2.05, 4.69) is 23.1 Å². The predicted molar refractivity (Wildman–Crippen MR) is 126 cm³/mol. The lowest BCUT2D eigenvalue weighted by molar-refractivity contribution is 0.0201. The fourth-order valence-corrected chi connectivity index (χ4v) is 3.92. The molecule has 1 unspecified atom stereocenters. The molecule has 3 aromatic carbocycles. The van der Waals surface area contributed by atoms with Crippen LogP contribution in [0, 0.1) is 0 Å². The Morgan fingerprint density at radius 1 is 1.00 bits per heavy atom. The van der Waals surface area contributed by atoms with Gasteiger partial charge < -0.3 is 24.4 Å². The number of phenols is 1. The lowest BCUT2D eigenvalue weighted by atomic mass is 10.1. The maximum Gasteiger partial charge on any atom is 0.410 e. The van der Waals surface area contributed by atoms with E-state index in [0.717, 1.165) is 16.8 Å². The highest BCUT2D eigenvalue weighted by molar-refractivity contribution is 5.83. The van der Waals surface area contributed by atoms with Gasteiger partial charge in [-0.05, 0) is 67.9 Å². The zero-order valence-corrected chi connectivity index (χ0v) is 18.8. The Bertz CT molecular complexity index is 1080. The molecule has 1 fully saturated rings. The molecule has 4 rings (SSSR count). The quantitative estimate of drug-likeness (QED) is 0.623. The lowest BCUT2D eigenvalue weighted by Gasteiger charge is -2.42. The average Bonchev–Trinajstić information content (AvgIpc) is 2.77. The first-order chi connectivity index (χ1) is 15.3. The first kappa shape index (κ1) is 21.8. The van der Waals surface area contributed by atoms with Crippen LogP contribution in [0.15, 0.2) is 66.7 Å². The Balaban J connectivity index is 1.52. The van der Waals surface area contributed by atoms with Gasteiger partial charge in [0, 0.05) is 25.3 Å². The van der Waals surface area contributed by atoms with Crippen molar-refractivity contribution in [3.8, 4) is 11.5 Å². The molecule has 0 bridgehead atoms. The molecule has 0 saturated carbocycles. The highest BCUT2D eigenvalue weighted by Crippen LogP contribution is 2.26. The second-order valence-corrected chi connectivity index (χ2v) is 9.11. The minimum Gasteiger partial charge on any atom is -0.508 e. The van der Waals surface area contributed by atoms with Gasteiger partial charge in [0.05, 0.1) is 6.04 Å². The molecule has 3 aromatic rings. The molecular weight excluding hydrogens is 404 g/mol. The molecular formula is C26H30N2O4. The predicted octanol–water partition coefficient (Wildman–Crippen LogP) is 5.05. The topological polar surface area (TPSA) is 62.2 Å². The number of fused-ring (bicyclic) bond motifs is 1. The van der Waals surface area contributed by atoms with E-state index in [9.17, 15) is 9.90 Å². The molecule has 1 N–H and O–H groups in total. The van der Waals surface area contributed by atoms with Gasteiger partial charge in [-0.15, -0.1) is 0 Å². The van der Waals surface area contributed by atoms with Gasteiger partial charge in [0.1, 0.15) is 23.7 Å². The highest BCUT2D eigenvalue weighted by Gasteiger charge is 2.32. The Hall–Kier alpha value is -3.41. The van der Waals surface area contributed by atoms with Crippen LogP contribution in [0.1, 0.15) is 20.8 Å². The number of piperazine rings is 1. The molecule has 6 nitrogen and oxygen atoms in total. The van der Waals surface area contributed by atoms with Crippen LogP contribution < -0.4 is 9.64 Å². The first-order valence-electron chi connectivity index (χ1n) is 10.9. The second-order valence-electron chi connectivity index (χ2n) is 9.11. The summed E-state index contributed by atoms with van der Waals surface area (Å²) in [4.78, 5) is 16.6. The Morgan fingerprint density at radius 2 is 1.72 bits per heavy atom. The normalized spacial score (nSPS) is 16.8. The van der Waals surface area contributed by atoms with E-state index in [-0.39, 0.29) is 17.9 Å². The van der Waals surface area contributed by atoms with Gasteiger partial charge in [-0.2, -0.15) is 0 Å². The summed E-state index contributed by atoms with van der Waals surface area (Å²) in [7, 11) is 0. The van der Waals surface area contributed by atoms with Crippen molar-refractivity contribution in [1.82, 2.24) is 4.90 Å². The van der Waals surface area contributed by atoms with Crippen molar-refractivity contribution < 1.29 is 19.4 Å². The minimum atomic E-state index is -0.539. The van der Waals surface area contributed by atoms with E-state index < -0.39 is 5.60 Å². The van der Waals surface area contributed by atoms with Crippen LogP contribution >= 0.6 is 0 Å². The molecule has 0 radical (unpaired) electrons. The summed E-state index contributed by atoms with van der Waals surface area (Å²) in [5.74, 6) is 1.02. The second kappa shape index (κ2) is 8.99. The molecule has 0 aromatic heterocycles. The number of anilines is 1. The van der Waals surface area contributed by atoms with E-state index in [1.807, 2.05) is 57.2 Å². The molecule has 1 saturated heterocycles. The number of nitrogens with zero attached hydrogens (tertiary/aromatic N) is 2. The van der Waals surface area contributed by atoms with E-state index in [0.29, 0.717) is 26.2 Å². The van der Waals surface area contributed by atoms with Crippen molar-refractivity contribution in [3.63, 3.8) is 0 Å². The monoisotopic (exact) mass is 434 g/mol. The van der Waals surface area contributed by atoms with Crippen LogP contribution in [-0.4, -0.2) is 54.0 Å². The maximum absolute atomic E-state index is 12.7. The smallest absolute Gasteiger partial charge is 0.410 e. The summed E-state index contributed by atoms with van der Waals surface area (Å²) >= 11 is 0. The van der Waals surface area contributed by atoms with Gasteiger partial charge in [0.25, 0.3) is 0 Å². The Kier molecular flexibility index (Phi) is 6.12. The van der Waals surface area contributed by atoms with Gasteiger partial charge in [-0.25, -0.2) is 4.79 Å². The summed E-state index contributed by atoms with van der Waals surface area (Å²) in [6, 6.07) is 21.3. The Labute approximate surface area is 189 Å². The van der Waals surface area contributed by atoms with Gasteiger partial charge in [0.2, 0.25) is 0 Å². The third-order valence-electron chi connectivity index (χ3n) is 5.48. The lowest BCUT2D eigenvalue weighted by Crippen LogP contribution is -2.57. The standard InChI is InChI=1S/C26H30N2O4/c1-26(2,3)32-25(30)27-14-15-28(21-9-11-23(29)12-10-21)22(17-27)18-31-24-13-8-19-6-4-5-7-20(19)16-24/h4-13,16,22,29H,14-15,17-18H2,1-3H3. The van der Waals surface area contributed by atoms with Crippen LogP contribution in [0.3, 0.4) is 0 Å². The number of aromatic hydroxyl groups is 1. The van der Waals surface area contributed by atoms with Gasteiger partial charge in [0.15, 0.2) is 0 Å². The van der Waals surface area contributed by atoms with Crippen molar-refractivity contribution in [3.05, 3.63) is 66.7 Å². The zero-order valence-electron chi connectivity index (χ0n) is 18.8. The molecule has 168 valence electrons. The fourth-order valence-electron chi connectivity index (χ4n) is 3.92. The number of amides is 1. The van der Waals surface area contributed by atoms with Crippen LogP contribution in [-0.2, 0) is 4.74 Å². The number of hydrogen-bond donors (Lipinski definition) is 1. The summed E-state index contributed by atoms with van der Waals surface area (Å²) < 4.78 is 11.8. The van der Waals surface area contributed by atoms with Crippen molar-refractivity contribution in [2.24, 2.45) is 0 Å². The summed E-state index contributed by atoms with van der Waals surface area (Å²) in [6.45, 7) is 7.73. The third kappa shape index (κ3) is 5.25. The first-order valence-corrected chi connectivity index (χ1v) is 10.9. The molecule has 0 spiro atoms. The van der Waals surface area contributed by atoms with Gasteiger partial charge in [-0.3, -0.25) is 0 Å². The summed E-state index contributed by atoms with van der Waals surface area (Å²) in [6.07, 6.45) is -0.307. The van der Waals surface area contributed by atoms with Crippen LogP contribution in [0.4, 0.5) is 10.5 Å². The number of benzene rings is 3. The molecule has 1 aliphatic rings. The van der Waals surface area contributed by atoms with Crippen molar-refractivity contribution in [2.75, 3.05) is 31.1 Å². The zero-order chi connectivity index (χ0) is 22.7. The highest BCUT2D eigenvalue weighted by atomic mass is 16.6. The van der Waals surface area contributed by atoms with Crippen LogP contribution in [0.25, 0.3) is 10.8 Å². The SMILES string of the molecule is CC(C)(C)OC(=O)N1CCN(c2ccc(O)cc2)C(COc2ccc3ccccc3c2)C1. The molecule has 1 atom stereocenters. The van der Waals surface area contributed by atoms with E-state index >= 15 is 0 Å². The van der Waals surface area contributed by atoms with E-state index in [1.165, 1.54) is 5.39 Å². The fraction of sp³-hybridized carbons (Fsp3) is 0.346. The maximum atomic E-state index is 12.7. The molecule has 1 amide bonds. The third-order valence-corrected chi connectivity index (χ3v) is 5.48. The minimum absolute atomic E-state index is 0.0627. The molecule has 32 heavy (non-hydrogen) atoms. The van der Waals surface area contributed by atoms with Crippen molar-refractivity contribution >= 4 is 22.6 Å². The van der Waals surface area contributed by atoms with E-state index in [4.69, 9.17) is 9.47 Å². The van der Waals surface area contributed by atoms with E-state index in [1.54, 1.807) is 17.0 Å². The molecule has 6 heteroatoms. The van der Waals surface area contributed by atoms with Crippen LogP contribution in [0.5, 0.6) is 11.5 Å². The summed E-state index contributed by atoms with van der Waals surface area (Å²) in [5.41, 5.74) is 0.446. The number of hydrogen-bond acceptors (Lipinski definition) is 5. The number of carbonyl (C=O) groups is 1. The van der Waals surface area contributed by atoms with Gasteiger partial charge in [-0.1, -0.05) is 30.3 Å². The largest absolute Gasteiger partial charge is 0.508 e. The molecule has 0 aliphatic carbocycles. The summed E-state index contributed by atoms with van der Waals surface area (Å²) in [5, 5.41) is 12.0. The molecule has 1 aliphatic heterocycles. The van der Waals surface area contributed by atoms with Gasteiger partial charge >= 0.3 is 6.09 Å². The van der Waals surface area contributed by atoms with Crippen molar-refractivity contribution in [2.45, 2.75) is 32.4 Å². The van der Waals surface area contributed by atoms with Crippen LogP contribution in [0.2, 0.25) is 0 Å². The number of ether oxygens (including phenoxy) is 2. The number of phenolic OH excluding ortho intramolecular Hbond substituents is 1. The number of rotatable bonds is 4. The average molecular weight is 435 g/mol.